The summed E-state index contributed by atoms with van der Waals surface area (Å²) in [7, 11) is 0. The Morgan fingerprint density at radius 1 is 1.48 bits per heavy atom. The van der Waals surface area contributed by atoms with Gasteiger partial charge >= 0.3 is 0 Å². The van der Waals surface area contributed by atoms with Crippen LogP contribution in [0.15, 0.2) is 28.8 Å². The largest absolute Gasteiger partial charge is 0.339 e. The molecule has 2 aromatic rings. The van der Waals surface area contributed by atoms with Gasteiger partial charge in [0, 0.05) is 30.3 Å². The molecule has 2 aliphatic rings. The fourth-order valence-corrected chi connectivity index (χ4v) is 4.82. The van der Waals surface area contributed by atoms with Crippen LogP contribution in [0, 0.1) is 6.92 Å². The number of amides is 2. The van der Waals surface area contributed by atoms with Crippen molar-refractivity contribution in [2.45, 2.75) is 37.6 Å². The maximum atomic E-state index is 12.7. The molecule has 130 valence electrons. The summed E-state index contributed by atoms with van der Waals surface area (Å²) in [6.45, 7) is 3.76. The van der Waals surface area contributed by atoms with Gasteiger partial charge in [0.25, 0.3) is 0 Å². The first-order valence-corrected chi connectivity index (χ1v) is 9.12. The normalized spacial score (nSPS) is 25.3. The minimum Gasteiger partial charge on any atom is -0.339 e. The molecule has 0 saturated carbocycles. The number of benzene rings is 1. The van der Waals surface area contributed by atoms with Crippen molar-refractivity contribution in [2.75, 3.05) is 11.1 Å². The summed E-state index contributed by atoms with van der Waals surface area (Å²) in [5.74, 6) is 1.49. The van der Waals surface area contributed by atoms with Crippen molar-refractivity contribution in [1.82, 2.24) is 15.0 Å². The van der Waals surface area contributed by atoms with Gasteiger partial charge in [0.05, 0.1) is 4.87 Å². The number of thioether (sulfide) groups is 1. The first-order chi connectivity index (χ1) is 12.0. The van der Waals surface area contributed by atoms with Gasteiger partial charge in [-0.25, -0.2) is 0 Å². The highest BCUT2D eigenvalue weighted by Crippen LogP contribution is 2.47. The lowest BCUT2D eigenvalue weighted by molar-refractivity contribution is -0.135. The van der Waals surface area contributed by atoms with E-state index in [1.165, 1.54) is 0 Å². The van der Waals surface area contributed by atoms with Gasteiger partial charge in [-0.1, -0.05) is 17.3 Å². The highest BCUT2D eigenvalue weighted by Gasteiger charge is 2.52. The highest BCUT2D eigenvalue weighted by molar-refractivity contribution is 8.01. The van der Waals surface area contributed by atoms with E-state index in [1.807, 2.05) is 19.1 Å². The average Bonchev–Trinajstić information content (AvgIpc) is 3.24. The van der Waals surface area contributed by atoms with Gasteiger partial charge in [0.2, 0.25) is 23.5 Å². The van der Waals surface area contributed by atoms with Gasteiger partial charge in [-0.2, -0.15) is 4.98 Å². The van der Waals surface area contributed by atoms with Crippen LogP contribution in [0.25, 0.3) is 11.4 Å². The molecule has 3 heterocycles. The molecule has 2 fully saturated rings. The molecular weight excluding hydrogens is 340 g/mol. The van der Waals surface area contributed by atoms with Crippen molar-refractivity contribution >= 4 is 29.3 Å². The monoisotopic (exact) mass is 358 g/mol. The standard InChI is InChI=1S/C17H18N4O3S/c1-10-18-15(20-24-10)11-4-3-5-12(8-11)19-16(23)13-9-25-17(2)7-6-14(22)21(13)17/h3-5,8,13H,6-7,9H2,1-2H3,(H,19,23)/t13-,17+/m0/s1. The minimum absolute atomic E-state index is 0.0590. The van der Waals surface area contributed by atoms with Crippen molar-refractivity contribution in [1.29, 1.82) is 0 Å². The van der Waals surface area contributed by atoms with Crippen LogP contribution in [0.4, 0.5) is 5.69 Å². The fraction of sp³-hybridized carbons (Fsp3) is 0.412. The van der Waals surface area contributed by atoms with Crippen LogP contribution in [0.3, 0.4) is 0 Å². The summed E-state index contributed by atoms with van der Waals surface area (Å²) in [5, 5.41) is 6.81. The summed E-state index contributed by atoms with van der Waals surface area (Å²) in [5.41, 5.74) is 1.41. The second-order valence-electron chi connectivity index (χ2n) is 6.47. The number of nitrogens with one attached hydrogen (secondary N) is 1. The molecule has 1 aromatic heterocycles. The quantitative estimate of drug-likeness (QED) is 0.907. The van der Waals surface area contributed by atoms with Gasteiger partial charge in [0.1, 0.15) is 6.04 Å². The number of anilines is 1. The van der Waals surface area contributed by atoms with Crippen LogP contribution in [0.1, 0.15) is 25.7 Å². The van der Waals surface area contributed by atoms with Crippen LogP contribution in [-0.2, 0) is 9.59 Å². The Kier molecular flexibility index (Phi) is 3.79. The maximum Gasteiger partial charge on any atom is 0.248 e. The zero-order valence-corrected chi connectivity index (χ0v) is 14.8. The number of hydrogen-bond acceptors (Lipinski definition) is 6. The van der Waals surface area contributed by atoms with E-state index in [9.17, 15) is 9.59 Å². The van der Waals surface area contributed by atoms with E-state index in [-0.39, 0.29) is 16.7 Å². The first-order valence-electron chi connectivity index (χ1n) is 8.14. The van der Waals surface area contributed by atoms with Crippen LogP contribution < -0.4 is 5.32 Å². The topological polar surface area (TPSA) is 88.3 Å². The Labute approximate surface area is 149 Å². The van der Waals surface area contributed by atoms with Crippen LogP contribution in [-0.4, -0.2) is 43.5 Å². The number of rotatable bonds is 3. The van der Waals surface area contributed by atoms with Crippen LogP contribution in [0.2, 0.25) is 0 Å². The molecule has 1 N–H and O–H groups in total. The van der Waals surface area contributed by atoms with Crippen molar-refractivity contribution in [2.24, 2.45) is 0 Å². The van der Waals surface area contributed by atoms with Crippen molar-refractivity contribution in [3.63, 3.8) is 0 Å². The summed E-state index contributed by atoms with van der Waals surface area (Å²) >= 11 is 1.68. The number of aromatic nitrogens is 2. The summed E-state index contributed by atoms with van der Waals surface area (Å²) in [4.78, 5) is 30.6. The molecule has 2 aliphatic heterocycles. The molecule has 0 aliphatic carbocycles. The Morgan fingerprint density at radius 2 is 2.32 bits per heavy atom. The Hall–Kier alpha value is -2.35. The molecule has 0 unspecified atom stereocenters. The van der Waals surface area contributed by atoms with Crippen molar-refractivity contribution in [3.05, 3.63) is 30.2 Å². The van der Waals surface area contributed by atoms with E-state index in [0.717, 1.165) is 12.0 Å². The highest BCUT2D eigenvalue weighted by atomic mass is 32.2. The van der Waals surface area contributed by atoms with Crippen molar-refractivity contribution < 1.29 is 14.1 Å². The molecule has 0 bridgehead atoms. The molecule has 4 rings (SSSR count). The Bertz CT molecular complexity index is 852. The van der Waals surface area contributed by atoms with E-state index in [2.05, 4.69) is 15.5 Å². The fourth-order valence-electron chi connectivity index (χ4n) is 3.39. The molecule has 0 spiro atoms. The lowest BCUT2D eigenvalue weighted by Crippen LogP contribution is -2.48. The third kappa shape index (κ3) is 2.80. The Morgan fingerprint density at radius 3 is 3.08 bits per heavy atom. The lowest BCUT2D eigenvalue weighted by atomic mass is 10.1. The summed E-state index contributed by atoms with van der Waals surface area (Å²) in [6.07, 6.45) is 1.31. The maximum absolute atomic E-state index is 12.7. The van der Waals surface area contributed by atoms with Crippen molar-refractivity contribution in [3.8, 4) is 11.4 Å². The van der Waals surface area contributed by atoms with Gasteiger partial charge in [-0.15, -0.1) is 11.8 Å². The van der Waals surface area contributed by atoms with E-state index < -0.39 is 6.04 Å². The minimum atomic E-state index is -0.430. The van der Waals surface area contributed by atoms with E-state index in [0.29, 0.717) is 29.6 Å². The molecule has 2 atom stereocenters. The number of nitrogens with zero attached hydrogens (tertiary/aromatic N) is 3. The predicted octanol–water partition coefficient (Wildman–Crippen LogP) is 2.44. The predicted molar refractivity (Wildman–Crippen MR) is 93.8 cm³/mol. The zero-order chi connectivity index (χ0) is 17.6. The second kappa shape index (κ2) is 5.87. The van der Waals surface area contributed by atoms with Gasteiger partial charge in [0.15, 0.2) is 0 Å². The molecule has 7 nitrogen and oxygen atoms in total. The molecular formula is C17H18N4O3S. The molecule has 25 heavy (non-hydrogen) atoms. The lowest BCUT2D eigenvalue weighted by Gasteiger charge is -2.29. The zero-order valence-electron chi connectivity index (χ0n) is 14.0. The van der Waals surface area contributed by atoms with E-state index >= 15 is 0 Å². The molecule has 2 amide bonds. The molecule has 2 saturated heterocycles. The Balaban J connectivity index is 1.53. The van der Waals surface area contributed by atoms with Crippen LogP contribution >= 0.6 is 11.8 Å². The third-order valence-electron chi connectivity index (χ3n) is 4.66. The van der Waals surface area contributed by atoms with E-state index in [4.69, 9.17) is 4.52 Å². The average molecular weight is 358 g/mol. The number of carbonyl (C=O) groups excluding carboxylic acids is 2. The number of aryl methyl sites for hydroxylation is 1. The number of fused-ring (bicyclic) bond motifs is 1. The third-order valence-corrected chi connectivity index (χ3v) is 6.17. The smallest absolute Gasteiger partial charge is 0.248 e. The SMILES string of the molecule is Cc1nc(-c2cccc(NC(=O)[C@@H]3CS[C@]4(C)CCC(=O)N34)c2)no1. The van der Waals surface area contributed by atoms with E-state index in [1.54, 1.807) is 35.7 Å². The molecule has 8 heteroatoms. The summed E-state index contributed by atoms with van der Waals surface area (Å²) < 4.78 is 5.00. The van der Waals surface area contributed by atoms with Crippen LogP contribution in [0.5, 0.6) is 0 Å². The van der Waals surface area contributed by atoms with Gasteiger partial charge < -0.3 is 14.7 Å². The van der Waals surface area contributed by atoms with Gasteiger partial charge in [-0.3, -0.25) is 9.59 Å². The number of carbonyl (C=O) groups is 2. The molecule has 0 radical (unpaired) electrons. The summed E-state index contributed by atoms with van der Waals surface area (Å²) in [6, 6.07) is 6.86. The van der Waals surface area contributed by atoms with Gasteiger partial charge in [-0.05, 0) is 25.5 Å². The number of hydrogen-bond donors (Lipinski definition) is 1. The molecule has 1 aromatic carbocycles. The first kappa shape index (κ1) is 16.1. The second-order valence-corrected chi connectivity index (χ2v) is 7.97.